The molecule has 0 bridgehead atoms. The van der Waals surface area contributed by atoms with Gasteiger partial charge in [0.2, 0.25) is 21.8 Å². The fourth-order valence-corrected chi connectivity index (χ4v) is 6.19. The number of anilines is 1. The van der Waals surface area contributed by atoms with Gasteiger partial charge in [-0.1, -0.05) is 73.0 Å². The highest BCUT2D eigenvalue weighted by atomic mass is 35.5. The largest absolute Gasteiger partial charge is 0.497 e. The normalized spacial score (nSPS) is 14.3. The number of nitrogens with one attached hydrogen (secondary N) is 1. The van der Waals surface area contributed by atoms with Crippen molar-refractivity contribution < 1.29 is 22.7 Å². The van der Waals surface area contributed by atoms with Crippen molar-refractivity contribution in [2.75, 3.05) is 24.2 Å². The van der Waals surface area contributed by atoms with Crippen LogP contribution in [0.25, 0.3) is 0 Å². The second kappa shape index (κ2) is 13.9. The van der Waals surface area contributed by atoms with E-state index < -0.39 is 28.5 Å². The van der Waals surface area contributed by atoms with Crippen LogP contribution in [-0.2, 0) is 32.6 Å². The molecule has 0 aromatic heterocycles. The molecule has 0 radical (unpaired) electrons. The molecule has 1 aliphatic carbocycles. The van der Waals surface area contributed by atoms with Crippen molar-refractivity contribution in [1.82, 2.24) is 10.2 Å². The maximum atomic E-state index is 14.2. The minimum atomic E-state index is -3.87. The summed E-state index contributed by atoms with van der Waals surface area (Å²) >= 11 is 6.26. The number of methoxy groups -OCH3 is 1. The second-order valence-electron chi connectivity index (χ2n) is 10.3. The van der Waals surface area contributed by atoms with Gasteiger partial charge in [0.1, 0.15) is 18.3 Å². The molecule has 3 aromatic rings. The van der Waals surface area contributed by atoms with Gasteiger partial charge >= 0.3 is 0 Å². The third-order valence-electron chi connectivity index (χ3n) is 7.24. The Balaban J connectivity index is 1.73. The van der Waals surface area contributed by atoms with Crippen LogP contribution in [0.5, 0.6) is 5.75 Å². The molecule has 10 heteroatoms. The minimum absolute atomic E-state index is 0.0493. The molecule has 0 spiro atoms. The third-order valence-corrected chi connectivity index (χ3v) is 8.61. The van der Waals surface area contributed by atoms with Crippen molar-refractivity contribution in [3.63, 3.8) is 0 Å². The van der Waals surface area contributed by atoms with Gasteiger partial charge in [-0.3, -0.25) is 13.9 Å². The average molecular weight is 598 g/mol. The van der Waals surface area contributed by atoms with Gasteiger partial charge in [0.15, 0.2) is 0 Å². The van der Waals surface area contributed by atoms with Gasteiger partial charge < -0.3 is 15.0 Å². The number of hydrogen-bond donors (Lipinski definition) is 1. The summed E-state index contributed by atoms with van der Waals surface area (Å²) in [5.74, 6) is -0.318. The fourth-order valence-electron chi connectivity index (χ4n) is 5.13. The Hall–Kier alpha value is -3.56. The van der Waals surface area contributed by atoms with Crippen molar-refractivity contribution in [1.29, 1.82) is 0 Å². The van der Waals surface area contributed by atoms with E-state index in [9.17, 15) is 18.0 Å². The minimum Gasteiger partial charge on any atom is -0.497 e. The second-order valence-corrected chi connectivity index (χ2v) is 12.7. The lowest BCUT2D eigenvalue weighted by Crippen LogP contribution is -2.54. The molecule has 1 saturated carbocycles. The first-order valence-electron chi connectivity index (χ1n) is 13.6. The standard InChI is InChI=1S/C31H36ClN3O5S/c1-40-28-17-9-16-27(20-28)35(41(2,38)39)22-30(36)34(21-24-12-8-13-25(32)18-24)29(19-23-10-4-3-5-11-23)31(37)33-26-14-6-7-15-26/h3-5,8-13,16-18,20,26,29H,6-7,14-15,19,21-22H2,1-2H3,(H,33,37)/t29-/m0/s1. The SMILES string of the molecule is COc1cccc(N(CC(=O)N(Cc2cccc(Cl)c2)[C@@H](Cc2ccccc2)C(=O)NC2CCCC2)S(C)(=O)=O)c1. The molecule has 4 rings (SSSR count). The van der Waals surface area contributed by atoms with Crippen LogP contribution < -0.4 is 14.4 Å². The van der Waals surface area contributed by atoms with Gasteiger partial charge in [0.05, 0.1) is 19.1 Å². The van der Waals surface area contributed by atoms with Crippen LogP contribution in [0, 0.1) is 0 Å². The van der Waals surface area contributed by atoms with Gasteiger partial charge in [-0.05, 0) is 48.2 Å². The number of halogens is 1. The van der Waals surface area contributed by atoms with E-state index in [0.29, 0.717) is 10.8 Å². The van der Waals surface area contributed by atoms with E-state index in [1.165, 1.54) is 12.0 Å². The molecule has 1 aliphatic rings. The zero-order valence-electron chi connectivity index (χ0n) is 23.3. The van der Waals surface area contributed by atoms with Gasteiger partial charge in [-0.15, -0.1) is 0 Å². The Morgan fingerprint density at radius 2 is 1.66 bits per heavy atom. The molecule has 41 heavy (non-hydrogen) atoms. The van der Waals surface area contributed by atoms with Crippen LogP contribution in [-0.4, -0.2) is 57.1 Å². The molecular weight excluding hydrogens is 562 g/mol. The van der Waals surface area contributed by atoms with Gasteiger partial charge in [-0.2, -0.15) is 0 Å². The predicted molar refractivity (Wildman–Crippen MR) is 162 cm³/mol. The number of nitrogens with zero attached hydrogens (tertiary/aromatic N) is 2. The van der Waals surface area contributed by atoms with Gasteiger partial charge in [0, 0.05) is 30.1 Å². The topological polar surface area (TPSA) is 96.0 Å². The highest BCUT2D eigenvalue weighted by Crippen LogP contribution is 2.25. The molecule has 218 valence electrons. The number of carbonyl (C=O) groups excluding carboxylic acids is 2. The van der Waals surface area contributed by atoms with Crippen LogP contribution in [0.1, 0.15) is 36.8 Å². The molecule has 8 nitrogen and oxygen atoms in total. The molecule has 0 heterocycles. The van der Waals surface area contributed by atoms with Crippen LogP contribution >= 0.6 is 11.6 Å². The highest BCUT2D eigenvalue weighted by molar-refractivity contribution is 7.92. The lowest BCUT2D eigenvalue weighted by Gasteiger charge is -2.34. The maximum Gasteiger partial charge on any atom is 0.244 e. The first-order chi connectivity index (χ1) is 19.6. The molecular formula is C31H36ClN3O5S. The third kappa shape index (κ3) is 8.47. The number of benzene rings is 3. The zero-order chi connectivity index (χ0) is 29.4. The number of rotatable bonds is 12. The van der Waals surface area contributed by atoms with E-state index in [-0.39, 0.29) is 30.6 Å². The summed E-state index contributed by atoms with van der Waals surface area (Å²) in [6.45, 7) is -0.417. The molecule has 1 atom stereocenters. The molecule has 3 aromatic carbocycles. The quantitative estimate of drug-likeness (QED) is 0.323. The molecule has 1 fully saturated rings. The van der Waals surface area contributed by atoms with Crippen LogP contribution in [0.2, 0.25) is 5.02 Å². The summed E-state index contributed by atoms with van der Waals surface area (Å²) in [6, 6.07) is 22.3. The summed E-state index contributed by atoms with van der Waals surface area (Å²) in [4.78, 5) is 29.5. The lowest BCUT2D eigenvalue weighted by atomic mass is 10.0. The smallest absolute Gasteiger partial charge is 0.244 e. The predicted octanol–water partition coefficient (Wildman–Crippen LogP) is 4.81. The molecule has 0 saturated heterocycles. The van der Waals surface area contributed by atoms with E-state index in [4.69, 9.17) is 16.3 Å². The first-order valence-corrected chi connectivity index (χ1v) is 15.9. The monoisotopic (exact) mass is 597 g/mol. The van der Waals surface area contributed by atoms with Crippen molar-refractivity contribution >= 4 is 39.1 Å². The average Bonchev–Trinajstić information content (AvgIpc) is 3.46. The molecule has 1 N–H and O–H groups in total. The summed E-state index contributed by atoms with van der Waals surface area (Å²) in [7, 11) is -2.38. The fraction of sp³-hybridized carbons (Fsp3) is 0.355. The van der Waals surface area contributed by atoms with E-state index in [0.717, 1.165) is 47.4 Å². The summed E-state index contributed by atoms with van der Waals surface area (Å²) in [6.07, 6.45) is 5.19. The number of hydrogen-bond acceptors (Lipinski definition) is 5. The van der Waals surface area contributed by atoms with E-state index in [1.807, 2.05) is 36.4 Å². The van der Waals surface area contributed by atoms with Crippen LogP contribution in [0.15, 0.2) is 78.9 Å². The Morgan fingerprint density at radius 1 is 0.976 bits per heavy atom. The molecule has 0 unspecified atom stereocenters. The summed E-state index contributed by atoms with van der Waals surface area (Å²) < 4.78 is 32.2. The highest BCUT2D eigenvalue weighted by Gasteiger charge is 2.34. The van der Waals surface area contributed by atoms with E-state index >= 15 is 0 Å². The van der Waals surface area contributed by atoms with Gasteiger partial charge in [0.25, 0.3) is 0 Å². The zero-order valence-corrected chi connectivity index (χ0v) is 24.9. The Morgan fingerprint density at radius 3 is 2.32 bits per heavy atom. The van der Waals surface area contributed by atoms with Crippen molar-refractivity contribution in [3.8, 4) is 5.75 Å². The van der Waals surface area contributed by atoms with Crippen LogP contribution in [0.3, 0.4) is 0 Å². The summed E-state index contributed by atoms with van der Waals surface area (Å²) in [5, 5.41) is 3.65. The Kier molecular flexibility index (Phi) is 10.3. The van der Waals surface area contributed by atoms with Crippen LogP contribution in [0.4, 0.5) is 5.69 Å². The first kappa shape index (κ1) is 30.4. The number of sulfonamides is 1. The summed E-state index contributed by atoms with van der Waals surface area (Å²) in [5.41, 5.74) is 1.90. The lowest BCUT2D eigenvalue weighted by molar-refractivity contribution is -0.140. The Labute approximate surface area is 247 Å². The number of ether oxygens (including phenoxy) is 1. The van der Waals surface area contributed by atoms with E-state index in [1.54, 1.807) is 42.5 Å². The van der Waals surface area contributed by atoms with Crippen molar-refractivity contribution in [2.45, 2.75) is 50.7 Å². The van der Waals surface area contributed by atoms with Crippen molar-refractivity contribution in [2.24, 2.45) is 0 Å². The maximum absolute atomic E-state index is 14.2. The molecule has 2 amide bonds. The van der Waals surface area contributed by atoms with Gasteiger partial charge in [-0.25, -0.2) is 8.42 Å². The van der Waals surface area contributed by atoms with Crippen molar-refractivity contribution in [3.05, 3.63) is 95.0 Å². The van der Waals surface area contributed by atoms with E-state index in [2.05, 4.69) is 5.32 Å². The number of carbonyl (C=O) groups is 2. The Bertz CT molecular complexity index is 1440. The molecule has 0 aliphatic heterocycles. The number of amides is 2.